The van der Waals surface area contributed by atoms with Crippen molar-refractivity contribution in [2.24, 2.45) is 0 Å². The average molecular weight is 382 g/mol. The first kappa shape index (κ1) is 19.3. The van der Waals surface area contributed by atoms with Gasteiger partial charge in [0.2, 0.25) is 0 Å². The van der Waals surface area contributed by atoms with Gasteiger partial charge in [0.05, 0.1) is 19.9 Å². The Morgan fingerprint density at radius 1 is 1.04 bits per heavy atom. The zero-order valence-corrected chi connectivity index (χ0v) is 16.2. The van der Waals surface area contributed by atoms with Crippen molar-refractivity contribution >= 4 is 28.5 Å². The van der Waals surface area contributed by atoms with Crippen molar-refractivity contribution in [2.45, 2.75) is 13.8 Å². The quantitative estimate of drug-likeness (QED) is 0.636. The van der Waals surface area contributed by atoms with Gasteiger partial charge in [-0.25, -0.2) is 4.79 Å². The summed E-state index contributed by atoms with van der Waals surface area (Å²) in [6.45, 7) is 3.55. The topological polar surface area (TPSA) is 89.6 Å². The summed E-state index contributed by atoms with van der Waals surface area (Å²) in [4.78, 5) is 27.5. The molecule has 0 unspecified atom stereocenters. The van der Waals surface area contributed by atoms with Crippen LogP contribution in [0.25, 0.3) is 10.9 Å². The number of methoxy groups -OCH3 is 2. The van der Waals surface area contributed by atoms with E-state index in [2.05, 4.69) is 10.3 Å². The van der Waals surface area contributed by atoms with Crippen LogP contribution in [-0.2, 0) is 9.53 Å². The van der Waals surface area contributed by atoms with Gasteiger partial charge >= 0.3 is 5.97 Å². The molecule has 28 heavy (non-hydrogen) atoms. The molecule has 0 saturated carbocycles. The Kier molecular flexibility index (Phi) is 5.54. The number of anilines is 1. The number of nitrogens with one attached hydrogen (secondary N) is 2. The van der Waals surface area contributed by atoms with Crippen LogP contribution >= 0.6 is 0 Å². The molecule has 2 N–H and O–H groups in total. The summed E-state index contributed by atoms with van der Waals surface area (Å²) >= 11 is 0. The van der Waals surface area contributed by atoms with E-state index in [1.165, 1.54) is 7.11 Å². The van der Waals surface area contributed by atoms with Crippen LogP contribution in [0.1, 0.15) is 21.6 Å². The van der Waals surface area contributed by atoms with Crippen LogP contribution in [0.3, 0.4) is 0 Å². The number of carbonyl (C=O) groups excluding carboxylic acids is 2. The molecule has 0 spiro atoms. The van der Waals surface area contributed by atoms with Gasteiger partial charge in [0.15, 0.2) is 6.61 Å². The first-order valence-corrected chi connectivity index (χ1v) is 8.70. The highest BCUT2D eigenvalue weighted by Gasteiger charge is 2.15. The smallest absolute Gasteiger partial charge is 0.355 e. The van der Waals surface area contributed by atoms with Crippen molar-refractivity contribution in [1.82, 2.24) is 4.98 Å². The molecule has 0 radical (unpaired) electrons. The van der Waals surface area contributed by atoms with Crippen molar-refractivity contribution in [3.63, 3.8) is 0 Å². The second kappa shape index (κ2) is 8.04. The number of esters is 1. The first-order valence-electron chi connectivity index (χ1n) is 8.70. The van der Waals surface area contributed by atoms with Crippen LogP contribution in [0.4, 0.5) is 5.69 Å². The van der Waals surface area contributed by atoms with Crippen molar-refractivity contribution in [3.8, 4) is 11.5 Å². The minimum Gasteiger partial charge on any atom is -0.497 e. The second-order valence-electron chi connectivity index (χ2n) is 6.42. The Hall–Kier alpha value is -3.48. The number of benzene rings is 2. The van der Waals surface area contributed by atoms with E-state index in [9.17, 15) is 9.59 Å². The lowest BCUT2D eigenvalue weighted by Gasteiger charge is -2.11. The van der Waals surface area contributed by atoms with Crippen LogP contribution in [-0.4, -0.2) is 37.7 Å². The fourth-order valence-corrected chi connectivity index (χ4v) is 3.01. The number of ether oxygens (including phenoxy) is 3. The summed E-state index contributed by atoms with van der Waals surface area (Å²) < 4.78 is 15.5. The third-order valence-electron chi connectivity index (χ3n) is 4.33. The summed E-state index contributed by atoms with van der Waals surface area (Å²) in [6.07, 6.45) is 0. The third-order valence-corrected chi connectivity index (χ3v) is 4.33. The molecule has 1 heterocycles. The van der Waals surface area contributed by atoms with Gasteiger partial charge in [-0.15, -0.1) is 0 Å². The van der Waals surface area contributed by atoms with E-state index in [1.807, 2.05) is 26.0 Å². The normalized spacial score (nSPS) is 10.6. The van der Waals surface area contributed by atoms with Crippen LogP contribution in [0.15, 0.2) is 36.4 Å². The van der Waals surface area contributed by atoms with Gasteiger partial charge in [0.25, 0.3) is 5.91 Å². The Bertz CT molecular complexity index is 1040. The fraction of sp³-hybridized carbons (Fsp3) is 0.238. The van der Waals surface area contributed by atoms with Gasteiger partial charge in [-0.2, -0.15) is 0 Å². The van der Waals surface area contributed by atoms with Gasteiger partial charge in [-0.05, 0) is 49.2 Å². The second-order valence-corrected chi connectivity index (χ2v) is 6.42. The molecule has 1 aromatic heterocycles. The molecule has 3 rings (SSSR count). The molecule has 0 aliphatic heterocycles. The number of hydrogen-bond acceptors (Lipinski definition) is 5. The van der Waals surface area contributed by atoms with Crippen LogP contribution in [0, 0.1) is 13.8 Å². The maximum absolute atomic E-state index is 12.3. The first-order chi connectivity index (χ1) is 13.4. The molecule has 0 saturated heterocycles. The molecule has 7 heteroatoms. The number of rotatable bonds is 6. The predicted molar refractivity (Wildman–Crippen MR) is 106 cm³/mol. The number of fused-ring (bicyclic) bond motifs is 1. The SMILES string of the molecule is COc1ccc(NC(=O)COC(=O)c2cc3c(C)cc(C)cc3[nH]2)c(OC)c1. The number of aryl methyl sites for hydroxylation is 2. The molecular weight excluding hydrogens is 360 g/mol. The molecule has 146 valence electrons. The lowest BCUT2D eigenvalue weighted by atomic mass is 10.1. The van der Waals surface area contributed by atoms with Crippen molar-refractivity contribution < 1.29 is 23.8 Å². The Labute approximate surface area is 162 Å². The summed E-state index contributed by atoms with van der Waals surface area (Å²) in [5.74, 6) is -0.0174. The highest BCUT2D eigenvalue weighted by molar-refractivity contribution is 5.98. The number of aromatic amines is 1. The fourth-order valence-electron chi connectivity index (χ4n) is 3.01. The Balaban J connectivity index is 1.65. The lowest BCUT2D eigenvalue weighted by molar-refractivity contribution is -0.119. The number of aromatic nitrogens is 1. The van der Waals surface area contributed by atoms with Gasteiger partial charge in [-0.3, -0.25) is 4.79 Å². The Morgan fingerprint density at radius 2 is 1.82 bits per heavy atom. The molecule has 2 aromatic carbocycles. The van der Waals surface area contributed by atoms with Gasteiger partial charge in [0.1, 0.15) is 17.2 Å². The number of amides is 1. The zero-order valence-electron chi connectivity index (χ0n) is 16.2. The van der Waals surface area contributed by atoms with E-state index >= 15 is 0 Å². The molecule has 0 fully saturated rings. The third kappa shape index (κ3) is 4.09. The van der Waals surface area contributed by atoms with E-state index in [-0.39, 0.29) is 0 Å². The number of H-pyrrole nitrogens is 1. The number of hydrogen-bond donors (Lipinski definition) is 2. The van der Waals surface area contributed by atoms with Crippen molar-refractivity contribution in [2.75, 3.05) is 26.1 Å². The summed E-state index contributed by atoms with van der Waals surface area (Å²) in [6, 6.07) is 10.7. The largest absolute Gasteiger partial charge is 0.497 e. The van der Waals surface area contributed by atoms with Crippen molar-refractivity contribution in [3.05, 3.63) is 53.2 Å². The van der Waals surface area contributed by atoms with Crippen LogP contribution in [0.2, 0.25) is 0 Å². The van der Waals surface area contributed by atoms with Gasteiger partial charge < -0.3 is 24.5 Å². The van der Waals surface area contributed by atoms with Crippen LogP contribution < -0.4 is 14.8 Å². The molecule has 0 bridgehead atoms. The molecule has 0 atom stereocenters. The standard InChI is InChI=1S/C21H22N2O5/c1-12-7-13(2)15-10-18(22-17(15)8-12)21(25)28-11-20(24)23-16-6-5-14(26-3)9-19(16)27-4/h5-10,22H,11H2,1-4H3,(H,23,24). The molecule has 1 amide bonds. The molecule has 3 aromatic rings. The highest BCUT2D eigenvalue weighted by Crippen LogP contribution is 2.29. The summed E-state index contributed by atoms with van der Waals surface area (Å²) in [7, 11) is 3.03. The molecule has 7 nitrogen and oxygen atoms in total. The minimum atomic E-state index is -0.593. The predicted octanol–water partition coefficient (Wildman–Crippen LogP) is 3.60. The summed E-state index contributed by atoms with van der Waals surface area (Å²) in [5.41, 5.74) is 3.78. The molecule has 0 aliphatic rings. The lowest BCUT2D eigenvalue weighted by Crippen LogP contribution is -2.21. The van der Waals surface area contributed by atoms with Crippen molar-refractivity contribution in [1.29, 1.82) is 0 Å². The highest BCUT2D eigenvalue weighted by atomic mass is 16.5. The van der Waals surface area contributed by atoms with E-state index in [0.717, 1.165) is 22.0 Å². The maximum Gasteiger partial charge on any atom is 0.355 e. The van der Waals surface area contributed by atoms with Gasteiger partial charge in [-0.1, -0.05) is 6.07 Å². The van der Waals surface area contributed by atoms with E-state index < -0.39 is 18.5 Å². The van der Waals surface area contributed by atoms with Crippen LogP contribution in [0.5, 0.6) is 11.5 Å². The van der Waals surface area contributed by atoms with E-state index in [0.29, 0.717) is 22.9 Å². The van der Waals surface area contributed by atoms with Gasteiger partial charge in [0, 0.05) is 17.0 Å². The Morgan fingerprint density at radius 3 is 2.54 bits per heavy atom. The molecule has 0 aliphatic carbocycles. The maximum atomic E-state index is 12.3. The number of carbonyl (C=O) groups is 2. The summed E-state index contributed by atoms with van der Waals surface area (Å²) in [5, 5.41) is 3.60. The zero-order chi connectivity index (χ0) is 20.3. The average Bonchev–Trinajstić information content (AvgIpc) is 3.11. The van der Waals surface area contributed by atoms with E-state index in [4.69, 9.17) is 14.2 Å². The minimum absolute atomic E-state index is 0.304. The monoisotopic (exact) mass is 382 g/mol. The molecular formula is C21H22N2O5. The van der Waals surface area contributed by atoms with E-state index in [1.54, 1.807) is 31.4 Å².